The quantitative estimate of drug-likeness (QED) is 0.152. The van der Waals surface area contributed by atoms with Crippen molar-refractivity contribution in [1.82, 2.24) is 9.97 Å². The number of aromatic nitrogens is 2. The van der Waals surface area contributed by atoms with Crippen LogP contribution in [-0.2, 0) is 0 Å². The van der Waals surface area contributed by atoms with Crippen LogP contribution in [0, 0.1) is 34.6 Å². The van der Waals surface area contributed by atoms with Crippen LogP contribution < -0.4 is 0 Å². The van der Waals surface area contributed by atoms with Crippen molar-refractivity contribution in [2.45, 2.75) is 34.6 Å². The number of hydrogen-bond acceptors (Lipinski definition) is 6. The molecule has 29 rings (SSSR count). The van der Waals surface area contributed by atoms with Crippen LogP contribution >= 0.6 is 68.0 Å². The minimum Gasteiger partial charge on any atom is -0.355 e. The SMILES string of the molecule is Cc1ccccc1.Cc1ccccc1.Cc1ccccc1.Cc1ccccc1.Cc1ccccc1.c1ccc2c(c1)[nH]c1ccccc12.c1ccc2c(c1)[nH]c1ccccc12.c1ccc2c(c1)sc1ccccc12.c1ccc2c(c1)sc1ccccc12.c1ccc2c(c1)sc1ccccc12.c1ccc2c(c1)sc1ccccc12.c1ccc2c(c1)sc1ccccc12.c1ccc2c(c1)sc1ccccc12. The predicted molar refractivity (Wildman–Crippen MR) is 623 cm³/mol. The van der Waals surface area contributed by atoms with Gasteiger partial charge in [-0.15, -0.1) is 68.0 Å². The summed E-state index contributed by atoms with van der Waals surface area (Å²) in [7, 11) is 0. The maximum Gasteiger partial charge on any atom is 0.0464 e. The summed E-state index contributed by atoms with van der Waals surface area (Å²) in [4.78, 5) is 6.76. The monoisotopic (exact) mass is 1900 g/mol. The predicted octanol–water partition coefficient (Wildman–Crippen LogP) is 40.9. The molecule has 0 aliphatic carbocycles. The number of rotatable bonds is 0. The van der Waals surface area contributed by atoms with Gasteiger partial charge in [-0.25, -0.2) is 0 Å². The molecule has 0 fully saturated rings. The van der Waals surface area contributed by atoms with Crippen molar-refractivity contribution >= 4 is 233 Å². The lowest BCUT2D eigenvalue weighted by Crippen LogP contribution is -1.62. The van der Waals surface area contributed by atoms with Crippen LogP contribution in [0.5, 0.6) is 0 Å². The second kappa shape index (κ2) is 48.8. The minimum atomic E-state index is 1.21. The molecular formula is C131H106N2S6. The molecule has 2 N–H and O–H groups in total. The Morgan fingerprint density at radius 3 is 0.302 bits per heavy atom. The van der Waals surface area contributed by atoms with E-state index in [1.54, 1.807) is 0 Å². The van der Waals surface area contributed by atoms with Crippen LogP contribution in [0.1, 0.15) is 27.8 Å². The number of nitrogens with one attached hydrogen (secondary N) is 2. The molecule has 0 bridgehead atoms. The largest absolute Gasteiger partial charge is 0.355 e. The molecule has 2 nitrogen and oxygen atoms in total. The average molecular weight is 1900 g/mol. The first-order chi connectivity index (χ1) is 68.6. The van der Waals surface area contributed by atoms with Gasteiger partial charge < -0.3 is 9.97 Å². The van der Waals surface area contributed by atoms with E-state index in [1.807, 2.05) is 159 Å². The number of para-hydroxylation sites is 4. The van der Waals surface area contributed by atoms with E-state index in [2.05, 4.69) is 493 Å². The summed E-state index contributed by atoms with van der Waals surface area (Å²) in [5, 5.41) is 21.7. The molecule has 0 saturated heterocycles. The van der Waals surface area contributed by atoms with Crippen LogP contribution in [-0.4, -0.2) is 9.97 Å². The molecule has 8 heteroatoms. The fourth-order valence-corrected chi connectivity index (χ4v) is 23.0. The standard InChI is InChI=1S/2C12H9N.6C12H8S.5C7H8/c8*1-3-7-11-9(5-1)10-6-2-4-8-12(10)13-11;5*1-7-5-3-2-4-6-7/h2*1-8,13H;6*1-8H;5*2-6H,1H3. The maximum atomic E-state index is 3.38. The van der Waals surface area contributed by atoms with Gasteiger partial charge in [0, 0.05) is 165 Å². The van der Waals surface area contributed by atoms with Gasteiger partial charge in [0.15, 0.2) is 0 Å². The Morgan fingerprint density at radius 1 is 0.101 bits per heavy atom. The number of hydrogen-bond donors (Lipinski definition) is 2. The highest BCUT2D eigenvalue weighted by Crippen LogP contribution is 2.39. The van der Waals surface area contributed by atoms with Crippen molar-refractivity contribution in [2.24, 2.45) is 0 Å². The molecule has 0 aliphatic heterocycles. The zero-order valence-electron chi connectivity index (χ0n) is 78.3. The van der Waals surface area contributed by atoms with Gasteiger partial charge in [-0.05, 0) is 132 Å². The number of benzene rings is 21. The number of H-pyrrole nitrogens is 2. The zero-order valence-corrected chi connectivity index (χ0v) is 83.2. The number of thiophene rings is 6. The maximum absolute atomic E-state index is 3.38. The summed E-state index contributed by atoms with van der Waals surface area (Å²) in [5.74, 6) is 0. The van der Waals surface area contributed by atoms with Crippen LogP contribution in [0.25, 0.3) is 165 Å². The second-order valence-electron chi connectivity index (χ2n) is 33.3. The van der Waals surface area contributed by atoms with E-state index in [4.69, 9.17) is 0 Å². The fraction of sp³-hybridized carbons (Fsp3) is 0.0382. The third-order valence-electron chi connectivity index (χ3n) is 23.2. The lowest BCUT2D eigenvalue weighted by atomic mass is 10.2. The van der Waals surface area contributed by atoms with Crippen LogP contribution in [0.15, 0.2) is 540 Å². The Hall–Kier alpha value is -15.5. The van der Waals surface area contributed by atoms with Gasteiger partial charge in [0.05, 0.1) is 0 Å². The van der Waals surface area contributed by atoms with Crippen LogP contribution in [0.4, 0.5) is 0 Å². The Balaban J connectivity index is 0.000000105. The number of aromatic amines is 2. The minimum absolute atomic E-state index is 1.21. The smallest absolute Gasteiger partial charge is 0.0464 e. The van der Waals surface area contributed by atoms with E-state index >= 15 is 0 Å². The van der Waals surface area contributed by atoms with Crippen molar-refractivity contribution in [3.05, 3.63) is 568 Å². The molecule has 21 aromatic carbocycles. The molecular weight excluding hydrogens is 1790 g/mol. The first-order valence-electron chi connectivity index (χ1n) is 46.7. The summed E-state index contributed by atoms with van der Waals surface area (Å²) >= 11 is 11.2. The normalized spacial score (nSPS) is 10.5. The Kier molecular flexibility index (Phi) is 33.5. The van der Waals surface area contributed by atoms with E-state index in [-0.39, 0.29) is 0 Å². The second-order valence-corrected chi connectivity index (χ2v) is 39.8. The van der Waals surface area contributed by atoms with Gasteiger partial charge in [-0.2, -0.15) is 0 Å². The van der Waals surface area contributed by atoms with Crippen LogP contribution in [0.2, 0.25) is 0 Å². The summed E-state index contributed by atoms with van der Waals surface area (Å²) in [6.45, 7) is 10.4. The summed E-state index contributed by atoms with van der Waals surface area (Å²) in [6.07, 6.45) is 0. The van der Waals surface area contributed by atoms with Crippen molar-refractivity contribution in [3.63, 3.8) is 0 Å². The average Bonchev–Trinajstić information content (AvgIpc) is 1.70. The van der Waals surface area contributed by atoms with E-state index in [1.165, 1.54) is 192 Å². The van der Waals surface area contributed by atoms with Crippen molar-refractivity contribution < 1.29 is 0 Å². The molecule has 0 aliphatic rings. The highest BCUT2D eigenvalue weighted by Gasteiger charge is 2.09. The van der Waals surface area contributed by atoms with E-state index in [0.717, 1.165) is 0 Å². The number of fused-ring (bicyclic) bond motifs is 24. The van der Waals surface area contributed by atoms with E-state index in [9.17, 15) is 0 Å². The van der Waals surface area contributed by atoms with Crippen LogP contribution in [0.3, 0.4) is 0 Å². The lowest BCUT2D eigenvalue weighted by Gasteiger charge is -1.88. The molecule has 8 heterocycles. The Labute approximate surface area is 837 Å². The molecule has 0 radical (unpaired) electrons. The first kappa shape index (κ1) is 95.3. The molecule has 0 amide bonds. The van der Waals surface area contributed by atoms with Crippen molar-refractivity contribution in [1.29, 1.82) is 0 Å². The Bertz CT molecular complexity index is 6960. The summed E-state index contributed by atoms with van der Waals surface area (Å²) in [6, 6.07) is 188. The zero-order chi connectivity index (χ0) is 95.0. The third-order valence-corrected chi connectivity index (χ3v) is 30.1. The lowest BCUT2D eigenvalue weighted by molar-refractivity contribution is 1.48. The molecule has 0 atom stereocenters. The summed E-state index contributed by atoms with van der Waals surface area (Å²) in [5.41, 5.74) is 11.5. The van der Waals surface area contributed by atoms with E-state index in [0.29, 0.717) is 0 Å². The van der Waals surface area contributed by atoms with Gasteiger partial charge in [-0.1, -0.05) is 471 Å². The van der Waals surface area contributed by atoms with Crippen molar-refractivity contribution in [2.75, 3.05) is 0 Å². The molecule has 0 unspecified atom stereocenters. The van der Waals surface area contributed by atoms with Gasteiger partial charge in [-0.3, -0.25) is 0 Å². The van der Waals surface area contributed by atoms with Gasteiger partial charge in [0.25, 0.3) is 0 Å². The molecule has 8 aromatic heterocycles. The van der Waals surface area contributed by atoms with Gasteiger partial charge >= 0.3 is 0 Å². The van der Waals surface area contributed by atoms with Crippen molar-refractivity contribution in [3.8, 4) is 0 Å². The third kappa shape index (κ3) is 25.4. The molecule has 139 heavy (non-hydrogen) atoms. The highest BCUT2D eigenvalue weighted by atomic mass is 32.1. The molecule has 676 valence electrons. The topological polar surface area (TPSA) is 31.6 Å². The summed E-state index contributed by atoms with van der Waals surface area (Å²) < 4.78 is 16.5. The number of aryl methyl sites for hydroxylation is 5. The van der Waals surface area contributed by atoms with E-state index < -0.39 is 0 Å². The molecule has 29 aromatic rings. The van der Waals surface area contributed by atoms with Gasteiger partial charge in [0.2, 0.25) is 0 Å². The first-order valence-corrected chi connectivity index (χ1v) is 51.6. The fourth-order valence-electron chi connectivity index (χ4n) is 16.3. The molecule has 0 spiro atoms. The molecule has 0 saturated carbocycles. The Morgan fingerprint density at radius 2 is 0.194 bits per heavy atom. The van der Waals surface area contributed by atoms with Gasteiger partial charge in [0.1, 0.15) is 0 Å². The highest BCUT2D eigenvalue weighted by molar-refractivity contribution is 7.27.